The number of aromatic nitrogens is 2. The van der Waals surface area contributed by atoms with Crippen molar-refractivity contribution in [3.63, 3.8) is 0 Å². The maximum absolute atomic E-state index is 11.4. The minimum absolute atomic E-state index is 0.0168. The van der Waals surface area contributed by atoms with Crippen molar-refractivity contribution < 1.29 is 9.59 Å². The molecule has 2 N–H and O–H groups in total. The Balaban J connectivity index is 2.11. The zero-order valence-electron chi connectivity index (χ0n) is 11.4. The smallest absolute Gasteiger partial charge is 0.250 e. The standard InChI is InChI=1S/C16H13N3O2/c1-10(20)11-5-7-13(8-6-11)19-9-12-3-2-4-14(16(17)21)15(12)18-19/h2-9H,1H3,(H2,17,21). The molecule has 1 aromatic heterocycles. The Hall–Kier alpha value is -2.95. The third-order valence-electron chi connectivity index (χ3n) is 3.34. The largest absolute Gasteiger partial charge is 0.366 e. The summed E-state index contributed by atoms with van der Waals surface area (Å²) in [4.78, 5) is 22.7. The van der Waals surface area contributed by atoms with E-state index in [0.717, 1.165) is 11.1 Å². The quantitative estimate of drug-likeness (QED) is 0.747. The first kappa shape index (κ1) is 13.1. The number of hydrogen-bond donors (Lipinski definition) is 1. The molecule has 0 bridgehead atoms. The van der Waals surface area contributed by atoms with Gasteiger partial charge in [0.15, 0.2) is 5.78 Å². The minimum Gasteiger partial charge on any atom is -0.366 e. The number of rotatable bonds is 3. The number of carbonyl (C=O) groups excluding carboxylic acids is 2. The van der Waals surface area contributed by atoms with E-state index in [0.29, 0.717) is 16.6 Å². The predicted molar refractivity (Wildman–Crippen MR) is 79.6 cm³/mol. The van der Waals surface area contributed by atoms with Gasteiger partial charge in [0.1, 0.15) is 5.52 Å². The summed E-state index contributed by atoms with van der Waals surface area (Å²) >= 11 is 0. The molecule has 1 amide bonds. The molecule has 104 valence electrons. The van der Waals surface area contributed by atoms with E-state index in [1.54, 1.807) is 28.9 Å². The van der Waals surface area contributed by atoms with Crippen LogP contribution in [0, 0.1) is 0 Å². The van der Waals surface area contributed by atoms with Crippen molar-refractivity contribution in [3.8, 4) is 5.69 Å². The van der Waals surface area contributed by atoms with Crippen molar-refractivity contribution in [1.82, 2.24) is 9.78 Å². The Bertz CT molecular complexity index is 848. The van der Waals surface area contributed by atoms with Gasteiger partial charge < -0.3 is 5.73 Å². The van der Waals surface area contributed by atoms with Crippen molar-refractivity contribution in [2.24, 2.45) is 5.73 Å². The third-order valence-corrected chi connectivity index (χ3v) is 3.34. The number of carbonyl (C=O) groups is 2. The molecule has 1 heterocycles. The van der Waals surface area contributed by atoms with Crippen LogP contribution in [0.5, 0.6) is 0 Å². The lowest BCUT2D eigenvalue weighted by Crippen LogP contribution is -2.11. The van der Waals surface area contributed by atoms with Crippen molar-refractivity contribution in [2.75, 3.05) is 0 Å². The maximum Gasteiger partial charge on any atom is 0.250 e. The van der Waals surface area contributed by atoms with Crippen LogP contribution in [0.2, 0.25) is 0 Å². The molecule has 5 heteroatoms. The van der Waals surface area contributed by atoms with Crippen molar-refractivity contribution >= 4 is 22.6 Å². The average molecular weight is 279 g/mol. The van der Waals surface area contributed by atoms with Gasteiger partial charge in [-0.2, -0.15) is 5.10 Å². The van der Waals surface area contributed by atoms with Crippen molar-refractivity contribution in [3.05, 3.63) is 59.8 Å². The van der Waals surface area contributed by atoms with Gasteiger partial charge in [-0.3, -0.25) is 9.59 Å². The molecule has 3 aromatic rings. The summed E-state index contributed by atoms with van der Waals surface area (Å²) in [5, 5.41) is 5.24. The number of ketones is 1. The fraction of sp³-hybridized carbons (Fsp3) is 0.0625. The molecule has 0 aliphatic heterocycles. The molecule has 21 heavy (non-hydrogen) atoms. The van der Waals surface area contributed by atoms with Crippen LogP contribution in [0.3, 0.4) is 0 Å². The van der Waals surface area contributed by atoms with Gasteiger partial charge >= 0.3 is 0 Å². The van der Waals surface area contributed by atoms with E-state index in [1.165, 1.54) is 6.92 Å². The fourth-order valence-electron chi connectivity index (χ4n) is 2.23. The number of hydrogen-bond acceptors (Lipinski definition) is 3. The van der Waals surface area contributed by atoms with E-state index in [2.05, 4.69) is 5.10 Å². The Labute approximate surface area is 121 Å². The summed E-state index contributed by atoms with van der Waals surface area (Å²) in [6.07, 6.45) is 1.82. The summed E-state index contributed by atoms with van der Waals surface area (Å²) in [7, 11) is 0. The van der Waals surface area contributed by atoms with Crippen LogP contribution in [0.15, 0.2) is 48.7 Å². The molecule has 0 radical (unpaired) electrons. The van der Waals surface area contributed by atoms with E-state index in [4.69, 9.17) is 5.73 Å². The number of Topliss-reactive ketones (excluding diaryl/α,β-unsaturated/α-hetero) is 1. The second-order valence-electron chi connectivity index (χ2n) is 4.78. The highest BCUT2D eigenvalue weighted by Gasteiger charge is 2.11. The van der Waals surface area contributed by atoms with E-state index in [1.807, 2.05) is 24.4 Å². The number of fused-ring (bicyclic) bond motifs is 1. The van der Waals surface area contributed by atoms with Crippen LogP contribution in [-0.2, 0) is 0 Å². The number of primary amides is 1. The molecular weight excluding hydrogens is 266 g/mol. The minimum atomic E-state index is -0.502. The van der Waals surface area contributed by atoms with E-state index in [9.17, 15) is 9.59 Å². The molecule has 0 fully saturated rings. The zero-order valence-corrected chi connectivity index (χ0v) is 11.4. The first-order valence-electron chi connectivity index (χ1n) is 6.46. The summed E-state index contributed by atoms with van der Waals surface area (Å²) in [6.45, 7) is 1.52. The lowest BCUT2D eigenvalue weighted by atomic mass is 10.1. The Kier molecular flexibility index (Phi) is 3.02. The van der Waals surface area contributed by atoms with Gasteiger partial charge in [-0.25, -0.2) is 4.68 Å². The maximum atomic E-state index is 11.4. The number of nitrogens with zero attached hydrogens (tertiary/aromatic N) is 2. The second-order valence-corrected chi connectivity index (χ2v) is 4.78. The van der Waals surface area contributed by atoms with Crippen molar-refractivity contribution in [2.45, 2.75) is 6.92 Å². The van der Waals surface area contributed by atoms with Gasteiger partial charge in [-0.15, -0.1) is 0 Å². The SMILES string of the molecule is CC(=O)c1ccc(-n2cc3cccc(C(N)=O)c3n2)cc1. The van der Waals surface area contributed by atoms with Crippen LogP contribution in [0.4, 0.5) is 0 Å². The topological polar surface area (TPSA) is 78.0 Å². The lowest BCUT2D eigenvalue weighted by Gasteiger charge is -2.01. The van der Waals surface area contributed by atoms with E-state index >= 15 is 0 Å². The average Bonchev–Trinajstić information content (AvgIpc) is 2.90. The number of nitrogens with two attached hydrogens (primary N) is 1. The van der Waals surface area contributed by atoms with Crippen LogP contribution in [0.1, 0.15) is 27.6 Å². The molecule has 0 saturated carbocycles. The highest BCUT2D eigenvalue weighted by molar-refractivity contribution is 6.04. The highest BCUT2D eigenvalue weighted by atomic mass is 16.1. The van der Waals surface area contributed by atoms with Gasteiger partial charge in [-0.05, 0) is 37.3 Å². The first-order valence-corrected chi connectivity index (χ1v) is 6.46. The molecule has 0 aliphatic rings. The normalized spacial score (nSPS) is 10.7. The van der Waals surface area contributed by atoms with Crippen LogP contribution in [0.25, 0.3) is 16.6 Å². The van der Waals surface area contributed by atoms with Gasteiger partial charge in [0, 0.05) is 17.1 Å². The second kappa shape index (κ2) is 4.86. The highest BCUT2D eigenvalue weighted by Crippen LogP contribution is 2.19. The van der Waals surface area contributed by atoms with Gasteiger partial charge in [0.05, 0.1) is 11.3 Å². The molecule has 3 rings (SSSR count). The van der Waals surface area contributed by atoms with Gasteiger partial charge in [0.25, 0.3) is 5.91 Å². The third kappa shape index (κ3) is 2.29. The molecule has 0 saturated heterocycles. The summed E-state index contributed by atoms with van der Waals surface area (Å²) in [5.41, 5.74) is 7.78. The summed E-state index contributed by atoms with van der Waals surface area (Å²) < 4.78 is 1.67. The molecule has 0 atom stereocenters. The zero-order chi connectivity index (χ0) is 15.0. The Morgan fingerprint density at radius 1 is 1.10 bits per heavy atom. The van der Waals surface area contributed by atoms with Gasteiger partial charge in [0.2, 0.25) is 0 Å². The molecule has 2 aromatic carbocycles. The molecule has 0 spiro atoms. The molecule has 0 unspecified atom stereocenters. The number of benzene rings is 2. The molecular formula is C16H13N3O2. The van der Waals surface area contributed by atoms with Crippen molar-refractivity contribution in [1.29, 1.82) is 0 Å². The van der Waals surface area contributed by atoms with Gasteiger partial charge in [-0.1, -0.05) is 12.1 Å². The Morgan fingerprint density at radius 2 is 1.81 bits per heavy atom. The predicted octanol–water partition coefficient (Wildman–Crippen LogP) is 2.33. The fourth-order valence-corrected chi connectivity index (χ4v) is 2.23. The van der Waals surface area contributed by atoms with Crippen LogP contribution < -0.4 is 5.73 Å². The lowest BCUT2D eigenvalue weighted by molar-refractivity contribution is 0.0997. The molecule has 0 aliphatic carbocycles. The Morgan fingerprint density at radius 3 is 2.43 bits per heavy atom. The van der Waals surface area contributed by atoms with E-state index in [-0.39, 0.29) is 5.78 Å². The summed E-state index contributed by atoms with van der Waals surface area (Å²) in [6, 6.07) is 12.4. The first-order chi connectivity index (χ1) is 10.1. The van der Waals surface area contributed by atoms with Crippen LogP contribution in [-0.4, -0.2) is 21.5 Å². The molecule has 5 nitrogen and oxygen atoms in total. The monoisotopic (exact) mass is 279 g/mol. The number of amides is 1. The van der Waals surface area contributed by atoms with Crippen LogP contribution >= 0.6 is 0 Å². The summed E-state index contributed by atoms with van der Waals surface area (Å²) in [5.74, 6) is -0.485. The van der Waals surface area contributed by atoms with E-state index < -0.39 is 5.91 Å².